The van der Waals surface area contributed by atoms with Crippen LogP contribution in [0.2, 0.25) is 0 Å². The van der Waals surface area contributed by atoms with Gasteiger partial charge in [-0.15, -0.1) is 0 Å². The highest BCUT2D eigenvalue weighted by atomic mass is 16.5. The lowest BCUT2D eigenvalue weighted by atomic mass is 10.1. The number of aryl methyl sites for hydroxylation is 2. The van der Waals surface area contributed by atoms with Gasteiger partial charge >= 0.3 is 0 Å². The third-order valence-electron chi connectivity index (χ3n) is 4.02. The molecular formula is C21H22N2O3. The Kier molecular flexibility index (Phi) is 5.37. The summed E-state index contributed by atoms with van der Waals surface area (Å²) < 4.78 is 11.5. The monoisotopic (exact) mass is 350 g/mol. The van der Waals surface area contributed by atoms with Crippen molar-refractivity contribution in [2.24, 2.45) is 0 Å². The van der Waals surface area contributed by atoms with Gasteiger partial charge in [-0.1, -0.05) is 17.7 Å². The molecule has 0 saturated carbocycles. The fourth-order valence-electron chi connectivity index (χ4n) is 2.50. The molecule has 0 radical (unpaired) electrons. The standard InChI is InChI=1S/C21H22N2O3/c1-4-22-20(24)16-7-9-17(10-8-16)21-23-19(15(3)26-21)13-25-18-11-5-14(2)6-12-18/h5-12H,4,13H2,1-3H3,(H,22,24). The maximum Gasteiger partial charge on any atom is 0.251 e. The number of aromatic nitrogens is 1. The van der Waals surface area contributed by atoms with Gasteiger partial charge in [0.1, 0.15) is 23.8 Å². The SMILES string of the molecule is CCNC(=O)c1ccc(-c2nc(COc3ccc(C)cc3)c(C)o2)cc1. The Morgan fingerprint density at radius 3 is 2.42 bits per heavy atom. The number of benzene rings is 2. The minimum absolute atomic E-state index is 0.0881. The van der Waals surface area contributed by atoms with Gasteiger partial charge in [0.2, 0.25) is 5.89 Å². The number of ether oxygens (including phenoxy) is 1. The lowest BCUT2D eigenvalue weighted by Crippen LogP contribution is -2.22. The van der Waals surface area contributed by atoms with Gasteiger partial charge in [0.05, 0.1) is 0 Å². The predicted octanol–water partition coefficient (Wildman–Crippen LogP) is 4.29. The third kappa shape index (κ3) is 4.11. The van der Waals surface area contributed by atoms with Crippen molar-refractivity contribution < 1.29 is 13.9 Å². The van der Waals surface area contributed by atoms with E-state index in [4.69, 9.17) is 9.15 Å². The van der Waals surface area contributed by atoms with Crippen molar-refractivity contribution in [1.82, 2.24) is 10.3 Å². The summed E-state index contributed by atoms with van der Waals surface area (Å²) in [6, 6.07) is 15.1. The fraction of sp³-hybridized carbons (Fsp3) is 0.238. The minimum atomic E-state index is -0.0881. The van der Waals surface area contributed by atoms with E-state index in [0.29, 0.717) is 24.6 Å². The Labute approximate surface area is 153 Å². The van der Waals surface area contributed by atoms with Gasteiger partial charge in [0.25, 0.3) is 5.91 Å². The van der Waals surface area contributed by atoms with Crippen LogP contribution in [0.4, 0.5) is 0 Å². The van der Waals surface area contributed by atoms with Gasteiger partial charge < -0.3 is 14.5 Å². The number of nitrogens with one attached hydrogen (secondary N) is 1. The Hall–Kier alpha value is -3.08. The number of hydrogen-bond donors (Lipinski definition) is 1. The third-order valence-corrected chi connectivity index (χ3v) is 4.02. The molecule has 1 aromatic heterocycles. The van der Waals surface area contributed by atoms with Crippen molar-refractivity contribution in [1.29, 1.82) is 0 Å². The van der Waals surface area contributed by atoms with Crippen molar-refractivity contribution in [2.45, 2.75) is 27.4 Å². The summed E-state index contributed by atoms with van der Waals surface area (Å²) in [5.41, 5.74) is 3.38. The lowest BCUT2D eigenvalue weighted by molar-refractivity contribution is 0.0956. The molecule has 3 rings (SSSR count). The van der Waals surface area contributed by atoms with Gasteiger partial charge in [0.15, 0.2) is 0 Å². The van der Waals surface area contributed by atoms with E-state index in [2.05, 4.69) is 10.3 Å². The molecule has 5 nitrogen and oxygen atoms in total. The van der Waals surface area contributed by atoms with Crippen LogP contribution in [0.5, 0.6) is 5.75 Å². The van der Waals surface area contributed by atoms with Crippen LogP contribution in [0.3, 0.4) is 0 Å². The summed E-state index contributed by atoms with van der Waals surface area (Å²) in [5, 5.41) is 2.78. The maximum atomic E-state index is 11.8. The van der Waals surface area contributed by atoms with Crippen molar-refractivity contribution in [3.05, 3.63) is 71.1 Å². The first kappa shape index (κ1) is 17.7. The average Bonchev–Trinajstić information content (AvgIpc) is 3.02. The van der Waals surface area contributed by atoms with Gasteiger partial charge in [0, 0.05) is 17.7 Å². The number of carbonyl (C=O) groups is 1. The van der Waals surface area contributed by atoms with E-state index in [1.807, 2.05) is 57.2 Å². The molecular weight excluding hydrogens is 328 g/mol. The molecule has 0 saturated heterocycles. The summed E-state index contributed by atoms with van der Waals surface area (Å²) in [7, 11) is 0. The molecule has 0 aliphatic heterocycles. The van der Waals surface area contributed by atoms with Gasteiger partial charge in [-0.2, -0.15) is 0 Å². The zero-order valence-electron chi connectivity index (χ0n) is 15.2. The molecule has 2 aromatic carbocycles. The predicted molar refractivity (Wildman–Crippen MR) is 100 cm³/mol. The molecule has 3 aromatic rings. The highest BCUT2D eigenvalue weighted by Gasteiger charge is 2.13. The van der Waals surface area contributed by atoms with E-state index in [1.165, 1.54) is 5.56 Å². The quantitative estimate of drug-likeness (QED) is 0.720. The normalized spacial score (nSPS) is 10.6. The average molecular weight is 350 g/mol. The second-order valence-corrected chi connectivity index (χ2v) is 6.06. The highest BCUT2D eigenvalue weighted by Crippen LogP contribution is 2.23. The van der Waals surface area contributed by atoms with Crippen molar-refractivity contribution in [2.75, 3.05) is 6.54 Å². The summed E-state index contributed by atoms with van der Waals surface area (Å²) in [4.78, 5) is 16.4. The van der Waals surface area contributed by atoms with Crippen LogP contribution in [-0.4, -0.2) is 17.4 Å². The Morgan fingerprint density at radius 2 is 1.77 bits per heavy atom. The van der Waals surface area contributed by atoms with E-state index in [-0.39, 0.29) is 5.91 Å². The van der Waals surface area contributed by atoms with Gasteiger partial charge in [-0.05, 0) is 57.2 Å². The second kappa shape index (κ2) is 7.87. The lowest BCUT2D eigenvalue weighted by Gasteiger charge is -2.04. The number of rotatable bonds is 6. The van der Waals surface area contributed by atoms with Crippen LogP contribution in [-0.2, 0) is 6.61 Å². The van der Waals surface area contributed by atoms with E-state index >= 15 is 0 Å². The second-order valence-electron chi connectivity index (χ2n) is 6.06. The molecule has 0 bridgehead atoms. The van der Waals surface area contributed by atoms with Crippen molar-refractivity contribution in [3.63, 3.8) is 0 Å². The molecule has 1 amide bonds. The maximum absolute atomic E-state index is 11.8. The fourth-order valence-corrected chi connectivity index (χ4v) is 2.50. The largest absolute Gasteiger partial charge is 0.487 e. The molecule has 0 unspecified atom stereocenters. The van der Waals surface area contributed by atoms with Crippen LogP contribution < -0.4 is 10.1 Å². The van der Waals surface area contributed by atoms with Crippen LogP contribution in [0, 0.1) is 13.8 Å². The topological polar surface area (TPSA) is 64.4 Å². The molecule has 1 heterocycles. The summed E-state index contributed by atoms with van der Waals surface area (Å²) in [6.07, 6.45) is 0. The summed E-state index contributed by atoms with van der Waals surface area (Å²) in [6.45, 7) is 6.74. The number of carbonyl (C=O) groups excluding carboxylic acids is 1. The molecule has 1 N–H and O–H groups in total. The molecule has 0 atom stereocenters. The number of amides is 1. The summed E-state index contributed by atoms with van der Waals surface area (Å²) in [5.74, 6) is 1.95. The smallest absolute Gasteiger partial charge is 0.251 e. The van der Waals surface area contributed by atoms with Crippen LogP contribution in [0.25, 0.3) is 11.5 Å². The first-order chi connectivity index (χ1) is 12.6. The van der Waals surface area contributed by atoms with Crippen LogP contribution in [0.15, 0.2) is 52.9 Å². The van der Waals surface area contributed by atoms with E-state index in [9.17, 15) is 4.79 Å². The van der Waals surface area contributed by atoms with Crippen molar-refractivity contribution >= 4 is 5.91 Å². The Morgan fingerprint density at radius 1 is 1.08 bits per heavy atom. The number of nitrogens with zero attached hydrogens (tertiary/aromatic N) is 1. The molecule has 0 spiro atoms. The first-order valence-corrected chi connectivity index (χ1v) is 8.61. The first-order valence-electron chi connectivity index (χ1n) is 8.61. The highest BCUT2D eigenvalue weighted by molar-refractivity contribution is 5.94. The Bertz CT molecular complexity index is 881. The van der Waals surface area contributed by atoms with Crippen molar-refractivity contribution in [3.8, 4) is 17.2 Å². The van der Waals surface area contributed by atoms with E-state index in [0.717, 1.165) is 22.8 Å². The van der Waals surface area contributed by atoms with Gasteiger partial charge in [-0.3, -0.25) is 4.79 Å². The van der Waals surface area contributed by atoms with E-state index < -0.39 is 0 Å². The molecule has 5 heteroatoms. The van der Waals surface area contributed by atoms with Gasteiger partial charge in [-0.25, -0.2) is 4.98 Å². The van der Waals surface area contributed by atoms with E-state index in [1.54, 1.807) is 12.1 Å². The zero-order valence-corrected chi connectivity index (χ0v) is 15.2. The molecule has 134 valence electrons. The number of hydrogen-bond acceptors (Lipinski definition) is 4. The minimum Gasteiger partial charge on any atom is -0.487 e. The molecule has 0 aliphatic rings. The zero-order chi connectivity index (χ0) is 18.5. The molecule has 0 fully saturated rings. The summed E-state index contributed by atoms with van der Waals surface area (Å²) >= 11 is 0. The molecule has 26 heavy (non-hydrogen) atoms. The van der Waals surface area contributed by atoms with Crippen LogP contribution in [0.1, 0.15) is 34.3 Å². The Balaban J connectivity index is 1.71. The van der Waals surface area contributed by atoms with Crippen LogP contribution >= 0.6 is 0 Å². The molecule has 0 aliphatic carbocycles. The number of oxazole rings is 1.